The van der Waals surface area contributed by atoms with E-state index in [1.807, 2.05) is 19.1 Å². The van der Waals surface area contributed by atoms with E-state index in [0.29, 0.717) is 35.3 Å². The largest absolute Gasteiger partial charge is 0.417 e. The van der Waals surface area contributed by atoms with Crippen LogP contribution in [0.2, 0.25) is 0 Å². The number of fused-ring (bicyclic) bond motifs is 2. The summed E-state index contributed by atoms with van der Waals surface area (Å²) < 4.78 is 40.2. The zero-order chi connectivity index (χ0) is 25.4. The number of hydrogen-bond acceptors (Lipinski definition) is 7. The number of aryl methyl sites for hydroxylation is 2. The highest BCUT2D eigenvalue weighted by Crippen LogP contribution is 2.30. The zero-order valence-corrected chi connectivity index (χ0v) is 19.6. The molecule has 4 aromatic heterocycles. The van der Waals surface area contributed by atoms with Gasteiger partial charge in [-0.05, 0) is 60.2 Å². The fraction of sp³-hybridized carbons (Fsp3) is 0.200. The second-order valence-electron chi connectivity index (χ2n) is 8.50. The Balaban J connectivity index is 1.28. The van der Waals surface area contributed by atoms with E-state index in [1.54, 1.807) is 18.5 Å². The number of nitrogens with one attached hydrogen (secondary N) is 2. The lowest BCUT2D eigenvalue weighted by atomic mass is 9.96. The zero-order valence-electron chi connectivity index (χ0n) is 19.6. The minimum absolute atomic E-state index is 0.290. The van der Waals surface area contributed by atoms with Crippen LogP contribution in [0.3, 0.4) is 0 Å². The van der Waals surface area contributed by atoms with Crippen molar-refractivity contribution in [3.8, 4) is 0 Å². The molecule has 0 saturated carbocycles. The van der Waals surface area contributed by atoms with Crippen LogP contribution >= 0.6 is 0 Å². The first-order valence-corrected chi connectivity index (χ1v) is 11.2. The summed E-state index contributed by atoms with van der Waals surface area (Å²) in [7, 11) is 0. The molecule has 5 aromatic rings. The first-order valence-electron chi connectivity index (χ1n) is 11.2. The number of benzene rings is 1. The van der Waals surface area contributed by atoms with Gasteiger partial charge in [0.05, 0.1) is 17.8 Å². The second-order valence-corrected chi connectivity index (χ2v) is 8.50. The number of hydrogen-bond donors (Lipinski definition) is 3. The lowest BCUT2D eigenvalue weighted by Gasteiger charge is -2.15. The summed E-state index contributed by atoms with van der Waals surface area (Å²) in [4.78, 5) is 17.1. The predicted molar refractivity (Wildman–Crippen MR) is 133 cm³/mol. The van der Waals surface area contributed by atoms with Gasteiger partial charge in [-0.25, -0.2) is 19.9 Å². The van der Waals surface area contributed by atoms with Crippen LogP contribution in [0.5, 0.6) is 0 Å². The molecule has 0 spiro atoms. The van der Waals surface area contributed by atoms with E-state index >= 15 is 0 Å². The summed E-state index contributed by atoms with van der Waals surface area (Å²) in [6.45, 7) is 4.94. The molecule has 0 bridgehead atoms. The predicted octanol–water partition coefficient (Wildman–Crippen LogP) is 5.11. The first-order chi connectivity index (χ1) is 17.2. The van der Waals surface area contributed by atoms with Crippen molar-refractivity contribution >= 4 is 33.9 Å². The van der Waals surface area contributed by atoms with Gasteiger partial charge in [0.1, 0.15) is 29.4 Å². The van der Waals surface area contributed by atoms with Gasteiger partial charge in [-0.3, -0.25) is 0 Å². The quantitative estimate of drug-likeness (QED) is 0.302. The van der Waals surface area contributed by atoms with E-state index in [-0.39, 0.29) is 6.54 Å². The SMILES string of the molecule is Cc1cc2c(N)nccc2c(C)c1CNc1cc(NCc2cn3cc(C(F)(F)F)ccc3n2)ncn1. The third kappa shape index (κ3) is 4.59. The summed E-state index contributed by atoms with van der Waals surface area (Å²) in [5.41, 5.74) is 9.69. The number of halogens is 3. The van der Waals surface area contributed by atoms with Crippen LogP contribution in [0.1, 0.15) is 27.9 Å². The molecule has 0 atom stereocenters. The van der Waals surface area contributed by atoms with E-state index in [1.165, 1.54) is 16.8 Å². The molecule has 0 fully saturated rings. The van der Waals surface area contributed by atoms with Crippen LogP contribution in [0.25, 0.3) is 16.4 Å². The summed E-state index contributed by atoms with van der Waals surface area (Å²) in [5, 5.41) is 8.48. The third-order valence-corrected chi connectivity index (χ3v) is 6.11. The van der Waals surface area contributed by atoms with Crippen LogP contribution in [0, 0.1) is 13.8 Å². The van der Waals surface area contributed by atoms with Gasteiger partial charge in [0, 0.05) is 36.6 Å². The topological polar surface area (TPSA) is 106 Å². The van der Waals surface area contributed by atoms with Crippen molar-refractivity contribution in [1.82, 2.24) is 24.3 Å². The highest BCUT2D eigenvalue weighted by Gasteiger charge is 2.30. The molecule has 0 aliphatic rings. The number of rotatable bonds is 6. The Morgan fingerprint density at radius 3 is 2.42 bits per heavy atom. The number of anilines is 3. The molecule has 36 heavy (non-hydrogen) atoms. The van der Waals surface area contributed by atoms with Gasteiger partial charge in [0.2, 0.25) is 0 Å². The van der Waals surface area contributed by atoms with E-state index in [0.717, 1.165) is 39.7 Å². The summed E-state index contributed by atoms with van der Waals surface area (Å²) >= 11 is 0. The highest BCUT2D eigenvalue weighted by molar-refractivity contribution is 5.94. The van der Waals surface area contributed by atoms with Gasteiger partial charge in [-0.15, -0.1) is 0 Å². The molecular weight excluding hydrogens is 469 g/mol. The molecule has 0 amide bonds. The summed E-state index contributed by atoms with van der Waals surface area (Å²) in [5.74, 6) is 1.70. The number of pyridine rings is 2. The van der Waals surface area contributed by atoms with Gasteiger partial charge in [-0.1, -0.05) is 0 Å². The van der Waals surface area contributed by atoms with Crippen molar-refractivity contribution < 1.29 is 13.2 Å². The van der Waals surface area contributed by atoms with Crippen LogP contribution < -0.4 is 16.4 Å². The molecule has 0 saturated heterocycles. The van der Waals surface area contributed by atoms with Crippen molar-refractivity contribution in [3.63, 3.8) is 0 Å². The monoisotopic (exact) mass is 492 g/mol. The van der Waals surface area contributed by atoms with E-state index in [9.17, 15) is 13.2 Å². The Kier molecular flexibility index (Phi) is 5.83. The molecule has 0 unspecified atom stereocenters. The Hall–Kier alpha value is -4.41. The average Bonchev–Trinajstić information content (AvgIpc) is 3.25. The number of alkyl halides is 3. The Bertz CT molecular complexity index is 1580. The molecule has 4 N–H and O–H groups in total. The Morgan fingerprint density at radius 1 is 0.917 bits per heavy atom. The smallest absolute Gasteiger partial charge is 0.383 e. The highest BCUT2D eigenvalue weighted by atomic mass is 19.4. The maximum atomic E-state index is 13.0. The number of nitrogen functional groups attached to an aromatic ring is 1. The van der Waals surface area contributed by atoms with Gasteiger partial charge in [-0.2, -0.15) is 13.2 Å². The fourth-order valence-corrected chi connectivity index (χ4v) is 4.21. The van der Waals surface area contributed by atoms with Gasteiger partial charge in [0.15, 0.2) is 0 Å². The van der Waals surface area contributed by atoms with Crippen LogP contribution in [-0.4, -0.2) is 24.3 Å². The fourth-order valence-electron chi connectivity index (χ4n) is 4.21. The Labute approximate surface area is 204 Å². The molecule has 0 aliphatic carbocycles. The summed E-state index contributed by atoms with van der Waals surface area (Å²) in [6.07, 6.45) is 1.33. The first kappa shape index (κ1) is 23.3. The van der Waals surface area contributed by atoms with Crippen molar-refractivity contribution in [1.29, 1.82) is 0 Å². The summed E-state index contributed by atoms with van der Waals surface area (Å²) in [6, 6.07) is 8.14. The van der Waals surface area contributed by atoms with Gasteiger partial charge in [0.25, 0.3) is 0 Å². The van der Waals surface area contributed by atoms with Crippen molar-refractivity contribution in [2.75, 3.05) is 16.4 Å². The van der Waals surface area contributed by atoms with Gasteiger partial charge < -0.3 is 20.8 Å². The van der Waals surface area contributed by atoms with E-state index in [4.69, 9.17) is 5.73 Å². The normalized spacial score (nSPS) is 11.8. The van der Waals surface area contributed by atoms with Crippen molar-refractivity contribution in [3.05, 3.63) is 83.2 Å². The van der Waals surface area contributed by atoms with E-state index < -0.39 is 11.7 Å². The molecule has 5 rings (SSSR count). The molecule has 0 radical (unpaired) electrons. The minimum Gasteiger partial charge on any atom is -0.383 e. The maximum Gasteiger partial charge on any atom is 0.417 e. The molecule has 4 heterocycles. The minimum atomic E-state index is -4.41. The number of nitrogens with two attached hydrogens (primary N) is 1. The van der Waals surface area contributed by atoms with Crippen molar-refractivity contribution in [2.45, 2.75) is 33.1 Å². The van der Waals surface area contributed by atoms with Crippen molar-refractivity contribution in [2.24, 2.45) is 0 Å². The maximum absolute atomic E-state index is 13.0. The second kappa shape index (κ2) is 8.99. The van der Waals surface area contributed by atoms with Crippen LogP contribution in [0.15, 0.2) is 55.2 Å². The van der Waals surface area contributed by atoms with Crippen LogP contribution in [-0.2, 0) is 19.3 Å². The Morgan fingerprint density at radius 2 is 1.67 bits per heavy atom. The van der Waals surface area contributed by atoms with E-state index in [2.05, 4.69) is 37.5 Å². The molecule has 1 aromatic carbocycles. The molecule has 0 aliphatic heterocycles. The lowest BCUT2D eigenvalue weighted by molar-refractivity contribution is -0.137. The molecular formula is C25H23F3N8. The van der Waals surface area contributed by atoms with Gasteiger partial charge >= 0.3 is 6.18 Å². The number of nitrogens with zero attached hydrogens (tertiary/aromatic N) is 5. The molecule has 8 nitrogen and oxygen atoms in total. The third-order valence-electron chi connectivity index (χ3n) is 6.11. The molecule has 184 valence electrons. The number of aromatic nitrogens is 5. The standard InChI is InChI=1S/C25H23F3N8/c1-14-7-19-18(5-6-30-24(19)29)15(2)20(14)10-32-22-8-21(33-13-34-22)31-9-17-12-36-11-16(25(26,27)28)3-4-23(36)35-17/h3-8,11-13H,9-10H2,1-2H3,(H2,29,30)(H2,31,32,33,34). The molecule has 11 heteroatoms. The number of imidazole rings is 1. The van der Waals surface area contributed by atoms with Crippen LogP contribution in [0.4, 0.5) is 30.6 Å². The lowest BCUT2D eigenvalue weighted by Crippen LogP contribution is -2.08. The average molecular weight is 493 g/mol.